The molecule has 0 aromatic carbocycles. The SMILES string of the molecule is O=S(=O)(c1cc(S(=O)(=O)C(Br)(Br)Br)nc(S(=O)(=O)C(Br)(Br)Br)n1)C(Br)(Br)Br. The monoisotopic (exact) mass is 1020 g/mol. The van der Waals surface area contributed by atoms with Crippen LogP contribution in [0.3, 0.4) is 0 Å². The van der Waals surface area contributed by atoms with Gasteiger partial charge in [0.2, 0.25) is 33.9 Å². The zero-order valence-corrected chi connectivity index (χ0v) is 28.3. The Balaban J connectivity index is 4.08. The molecule has 156 valence electrons. The van der Waals surface area contributed by atoms with Crippen molar-refractivity contribution in [3.63, 3.8) is 0 Å². The third-order valence-electron chi connectivity index (χ3n) is 2.36. The van der Waals surface area contributed by atoms with Crippen molar-refractivity contribution >= 4 is 173 Å². The Hall–Kier alpha value is 3.25. The van der Waals surface area contributed by atoms with E-state index in [-0.39, 0.29) is 0 Å². The Morgan fingerprint density at radius 1 is 0.556 bits per heavy atom. The standard InChI is InChI=1S/C7HBr9N2O6S3/c8-5(9,10)25(19,20)2-1-3(26(21,22)6(11,12)13)18-4(17-2)27(23,24)7(14,15)16/h1H. The van der Waals surface area contributed by atoms with Gasteiger partial charge in [-0.1, -0.05) is 0 Å². The van der Waals surface area contributed by atoms with Crippen LogP contribution in [-0.4, -0.2) is 39.6 Å². The van der Waals surface area contributed by atoms with Gasteiger partial charge in [-0.2, -0.15) is 0 Å². The highest BCUT2D eigenvalue weighted by molar-refractivity contribution is 9.43. The second-order valence-corrected chi connectivity index (χ2v) is 35.2. The molecule has 1 heterocycles. The van der Waals surface area contributed by atoms with Crippen molar-refractivity contribution in [3.8, 4) is 0 Å². The number of nitrogens with zero attached hydrogens (tertiary/aromatic N) is 2. The van der Waals surface area contributed by atoms with E-state index in [9.17, 15) is 25.3 Å². The van der Waals surface area contributed by atoms with Crippen LogP contribution in [0.15, 0.2) is 21.3 Å². The third-order valence-corrected chi connectivity index (χ3v) is 17.9. The Morgan fingerprint density at radius 2 is 0.815 bits per heavy atom. The molecule has 0 radical (unpaired) electrons. The zero-order valence-electron chi connectivity index (χ0n) is 11.5. The van der Waals surface area contributed by atoms with Gasteiger partial charge in [0.05, 0.1) is 0 Å². The second-order valence-electron chi connectivity index (χ2n) is 4.17. The molecule has 0 unspecified atom stereocenters. The summed E-state index contributed by atoms with van der Waals surface area (Å²) in [5.74, 6) is 0. The molecule has 0 bridgehead atoms. The molecule has 0 aliphatic heterocycles. The summed E-state index contributed by atoms with van der Waals surface area (Å²) in [5, 5.41) is -2.87. The zero-order chi connectivity index (χ0) is 21.9. The first kappa shape index (κ1) is 28.3. The molecule has 0 amide bonds. The van der Waals surface area contributed by atoms with Crippen LogP contribution in [0, 0.1) is 0 Å². The van der Waals surface area contributed by atoms with Crippen molar-refractivity contribution in [2.75, 3.05) is 0 Å². The molecule has 1 rings (SSSR count). The average Bonchev–Trinajstić information content (AvgIpc) is 2.43. The molecule has 1 aromatic rings. The molecule has 0 spiro atoms. The minimum Gasteiger partial charge on any atom is -0.219 e. The van der Waals surface area contributed by atoms with Crippen molar-refractivity contribution in [1.82, 2.24) is 9.97 Å². The van der Waals surface area contributed by atoms with E-state index in [4.69, 9.17) is 0 Å². The topological polar surface area (TPSA) is 128 Å². The van der Waals surface area contributed by atoms with Gasteiger partial charge >= 0.3 is 0 Å². The van der Waals surface area contributed by atoms with Crippen molar-refractivity contribution in [1.29, 1.82) is 0 Å². The fourth-order valence-corrected chi connectivity index (χ4v) is 7.66. The molecule has 1 aromatic heterocycles. The maximum atomic E-state index is 12.6. The van der Waals surface area contributed by atoms with Gasteiger partial charge in [0.25, 0.3) is 5.16 Å². The number of rotatable bonds is 3. The highest BCUT2D eigenvalue weighted by Gasteiger charge is 2.46. The smallest absolute Gasteiger partial charge is 0.219 e. The van der Waals surface area contributed by atoms with E-state index in [1.807, 2.05) is 0 Å². The quantitative estimate of drug-likeness (QED) is 0.230. The van der Waals surface area contributed by atoms with E-state index in [2.05, 4.69) is 153 Å². The molecule has 27 heavy (non-hydrogen) atoms. The van der Waals surface area contributed by atoms with E-state index in [1.165, 1.54) is 0 Å². The van der Waals surface area contributed by atoms with Crippen LogP contribution in [0.25, 0.3) is 0 Å². The van der Waals surface area contributed by atoms with Crippen LogP contribution in [0.4, 0.5) is 0 Å². The predicted molar refractivity (Wildman–Crippen MR) is 132 cm³/mol. The van der Waals surface area contributed by atoms with Gasteiger partial charge in [0.15, 0.2) is 10.1 Å². The van der Waals surface area contributed by atoms with E-state index < -0.39 is 49.1 Å². The van der Waals surface area contributed by atoms with Crippen molar-refractivity contribution < 1.29 is 25.3 Å². The summed E-state index contributed by atoms with van der Waals surface area (Å²) < 4.78 is 69.8. The van der Waals surface area contributed by atoms with E-state index in [0.29, 0.717) is 6.07 Å². The fourth-order valence-electron chi connectivity index (χ4n) is 1.12. The lowest BCUT2D eigenvalue weighted by Crippen LogP contribution is -2.27. The molecule has 8 nitrogen and oxygen atoms in total. The van der Waals surface area contributed by atoms with Gasteiger partial charge in [-0.3, -0.25) is 0 Å². The van der Waals surface area contributed by atoms with E-state index in [1.54, 1.807) is 0 Å². The lowest BCUT2D eigenvalue weighted by molar-refractivity contribution is 0.572. The first-order valence-corrected chi connectivity index (χ1v) is 17.0. The van der Waals surface area contributed by atoms with Crippen LogP contribution >= 0.6 is 143 Å². The fraction of sp³-hybridized carbons (Fsp3) is 0.429. The molecule has 0 aliphatic carbocycles. The van der Waals surface area contributed by atoms with Gasteiger partial charge in [-0.05, 0) is 143 Å². The summed E-state index contributed by atoms with van der Waals surface area (Å²) >= 11 is 25.1. The van der Waals surface area contributed by atoms with Gasteiger partial charge in [0, 0.05) is 6.07 Å². The van der Waals surface area contributed by atoms with Crippen LogP contribution in [0.1, 0.15) is 0 Å². The lowest BCUT2D eigenvalue weighted by atomic mass is 10.7. The molecule has 0 N–H and O–H groups in total. The summed E-state index contributed by atoms with van der Waals surface area (Å²) in [6.07, 6.45) is 0. The maximum absolute atomic E-state index is 12.6. The predicted octanol–water partition coefficient (Wildman–Crippen LogP) is 5.19. The Morgan fingerprint density at radius 3 is 1.04 bits per heavy atom. The van der Waals surface area contributed by atoms with E-state index >= 15 is 0 Å². The summed E-state index contributed by atoms with van der Waals surface area (Å²) in [7, 11) is -13.4. The maximum Gasteiger partial charge on any atom is 0.252 e. The molecular formula is C7HBr9N2O6S3. The van der Waals surface area contributed by atoms with Crippen molar-refractivity contribution in [3.05, 3.63) is 6.07 Å². The second kappa shape index (κ2) is 8.89. The molecule has 0 aliphatic rings. The van der Waals surface area contributed by atoms with Crippen LogP contribution in [0.2, 0.25) is 0 Å². The molecule has 0 saturated carbocycles. The molecule has 0 saturated heterocycles. The number of sulfone groups is 3. The number of aromatic nitrogens is 2. The van der Waals surface area contributed by atoms with Crippen LogP contribution in [0.5, 0.6) is 0 Å². The Kier molecular flexibility index (Phi) is 9.31. The number of hydrogen-bond acceptors (Lipinski definition) is 8. The summed E-state index contributed by atoms with van der Waals surface area (Å²) in [5.41, 5.74) is 0. The normalized spacial score (nSPS) is 15.0. The summed E-state index contributed by atoms with van der Waals surface area (Å²) in [6, 6.07) is 0.610. The Labute approximate surface area is 230 Å². The molecule has 0 atom stereocenters. The Bertz CT molecular complexity index is 916. The van der Waals surface area contributed by atoms with Gasteiger partial charge in [-0.15, -0.1) is 0 Å². The minimum absolute atomic E-state index is 0.610. The summed E-state index contributed by atoms with van der Waals surface area (Å²) in [4.78, 5) is 7.06. The van der Waals surface area contributed by atoms with Crippen LogP contribution < -0.4 is 0 Å². The molecular weight excluding hydrogens is 1020 g/mol. The van der Waals surface area contributed by atoms with Crippen molar-refractivity contribution in [2.45, 2.75) is 19.6 Å². The minimum atomic E-state index is -4.53. The van der Waals surface area contributed by atoms with Gasteiger partial charge < -0.3 is 0 Å². The number of halogens is 9. The third kappa shape index (κ3) is 5.98. The van der Waals surface area contributed by atoms with Gasteiger partial charge in [0.1, 0.15) is 0 Å². The highest BCUT2D eigenvalue weighted by Crippen LogP contribution is 2.47. The number of alkyl halides is 9. The average molecular weight is 1020 g/mol. The molecule has 0 fully saturated rings. The largest absolute Gasteiger partial charge is 0.252 e. The van der Waals surface area contributed by atoms with Crippen molar-refractivity contribution in [2.24, 2.45) is 0 Å². The number of hydrogen-bond donors (Lipinski definition) is 0. The summed E-state index contributed by atoms with van der Waals surface area (Å²) in [6.45, 7) is 0. The van der Waals surface area contributed by atoms with E-state index in [0.717, 1.165) is 0 Å². The first-order chi connectivity index (χ1) is 11.6. The van der Waals surface area contributed by atoms with Crippen LogP contribution in [-0.2, 0) is 29.5 Å². The first-order valence-electron chi connectivity index (χ1n) is 5.40. The van der Waals surface area contributed by atoms with Gasteiger partial charge in [-0.25, -0.2) is 35.2 Å². The molecule has 20 heteroatoms. The highest BCUT2D eigenvalue weighted by atomic mass is 80.0. The lowest BCUT2D eigenvalue weighted by Gasteiger charge is -2.18.